The number of piperidine rings is 1. The van der Waals surface area contributed by atoms with Crippen molar-refractivity contribution in [1.29, 1.82) is 0 Å². The first kappa shape index (κ1) is 21.6. The minimum atomic E-state index is -0.316. The molecule has 166 valence electrons. The quantitative estimate of drug-likeness (QED) is 0.664. The van der Waals surface area contributed by atoms with Gasteiger partial charge in [0.25, 0.3) is 11.8 Å². The van der Waals surface area contributed by atoms with E-state index in [1.807, 2.05) is 4.90 Å². The Kier molecular flexibility index (Phi) is 6.25. The number of nitrogens with zero attached hydrogens (tertiary/aromatic N) is 5. The van der Waals surface area contributed by atoms with Gasteiger partial charge in [0.15, 0.2) is 0 Å². The van der Waals surface area contributed by atoms with Crippen LogP contribution in [0.25, 0.3) is 0 Å². The van der Waals surface area contributed by atoms with Gasteiger partial charge in [-0.15, -0.1) is 0 Å². The summed E-state index contributed by atoms with van der Waals surface area (Å²) in [5.74, 6) is 0.00991. The molecule has 1 aromatic carbocycles. The van der Waals surface area contributed by atoms with Gasteiger partial charge in [0.2, 0.25) is 0 Å². The van der Waals surface area contributed by atoms with Gasteiger partial charge in [-0.05, 0) is 37.5 Å². The van der Waals surface area contributed by atoms with Crippen molar-refractivity contribution in [2.24, 2.45) is 7.05 Å². The van der Waals surface area contributed by atoms with Crippen molar-refractivity contribution in [2.45, 2.75) is 32.2 Å². The van der Waals surface area contributed by atoms with E-state index in [0.29, 0.717) is 35.7 Å². The second-order valence-corrected chi connectivity index (χ2v) is 8.03. The van der Waals surface area contributed by atoms with E-state index < -0.39 is 0 Å². The molecule has 9 heteroatoms. The molecule has 2 amide bonds. The SMILES string of the molecule is Cc1nc(C2CCCN(C(=O)c3cnn(C)c3)C2)ncc1C(=O)NCc1ccc(F)cc1. The van der Waals surface area contributed by atoms with E-state index in [0.717, 1.165) is 18.4 Å². The van der Waals surface area contributed by atoms with Crippen LogP contribution in [0.3, 0.4) is 0 Å². The van der Waals surface area contributed by atoms with Crippen LogP contribution in [0.2, 0.25) is 0 Å². The number of halogens is 1. The number of carbonyl (C=O) groups excluding carboxylic acids is 2. The van der Waals surface area contributed by atoms with Gasteiger partial charge in [0, 0.05) is 45.0 Å². The number of likely N-dealkylation sites (tertiary alicyclic amines) is 1. The van der Waals surface area contributed by atoms with Gasteiger partial charge in [0.1, 0.15) is 11.6 Å². The third kappa shape index (κ3) is 4.82. The Morgan fingerprint density at radius 3 is 2.69 bits per heavy atom. The summed E-state index contributed by atoms with van der Waals surface area (Å²) in [6, 6.07) is 5.97. The summed E-state index contributed by atoms with van der Waals surface area (Å²) in [4.78, 5) is 36.2. The Morgan fingerprint density at radius 2 is 2.00 bits per heavy atom. The summed E-state index contributed by atoms with van der Waals surface area (Å²) in [5.41, 5.74) is 2.35. The predicted molar refractivity (Wildman–Crippen MR) is 115 cm³/mol. The zero-order chi connectivity index (χ0) is 22.7. The fourth-order valence-corrected chi connectivity index (χ4v) is 3.87. The Balaban J connectivity index is 1.41. The van der Waals surface area contributed by atoms with Crippen molar-refractivity contribution in [2.75, 3.05) is 13.1 Å². The molecule has 0 aliphatic carbocycles. The highest BCUT2D eigenvalue weighted by atomic mass is 19.1. The lowest BCUT2D eigenvalue weighted by Crippen LogP contribution is -2.39. The fraction of sp³-hybridized carbons (Fsp3) is 0.348. The summed E-state index contributed by atoms with van der Waals surface area (Å²) >= 11 is 0. The number of rotatable bonds is 5. The molecule has 0 bridgehead atoms. The van der Waals surface area contributed by atoms with Crippen LogP contribution in [0, 0.1) is 12.7 Å². The van der Waals surface area contributed by atoms with Crippen LogP contribution < -0.4 is 5.32 Å². The second-order valence-electron chi connectivity index (χ2n) is 8.03. The molecule has 0 saturated carbocycles. The first-order valence-electron chi connectivity index (χ1n) is 10.5. The maximum Gasteiger partial charge on any atom is 0.257 e. The van der Waals surface area contributed by atoms with Gasteiger partial charge in [-0.25, -0.2) is 14.4 Å². The maximum absolute atomic E-state index is 13.0. The van der Waals surface area contributed by atoms with Gasteiger partial charge >= 0.3 is 0 Å². The average Bonchev–Trinajstić information content (AvgIpc) is 3.24. The molecule has 0 radical (unpaired) electrons. The van der Waals surface area contributed by atoms with E-state index in [1.54, 1.807) is 49.4 Å². The van der Waals surface area contributed by atoms with Crippen LogP contribution in [0.4, 0.5) is 4.39 Å². The highest BCUT2D eigenvalue weighted by Gasteiger charge is 2.28. The highest BCUT2D eigenvalue weighted by molar-refractivity contribution is 5.95. The number of carbonyl (C=O) groups is 2. The minimum Gasteiger partial charge on any atom is -0.348 e. The summed E-state index contributed by atoms with van der Waals surface area (Å²) < 4.78 is 14.6. The van der Waals surface area contributed by atoms with Crippen molar-refractivity contribution in [3.63, 3.8) is 0 Å². The Morgan fingerprint density at radius 1 is 1.22 bits per heavy atom. The normalized spacial score (nSPS) is 16.1. The van der Waals surface area contributed by atoms with E-state index in [-0.39, 0.29) is 30.1 Å². The molecule has 1 saturated heterocycles. The minimum absolute atomic E-state index is 0.0133. The summed E-state index contributed by atoms with van der Waals surface area (Å²) in [5, 5.41) is 6.89. The molecule has 1 unspecified atom stereocenters. The number of nitrogens with one attached hydrogen (secondary N) is 1. The zero-order valence-electron chi connectivity index (χ0n) is 18.1. The van der Waals surface area contributed by atoms with Crippen molar-refractivity contribution >= 4 is 11.8 Å². The molecule has 1 atom stereocenters. The van der Waals surface area contributed by atoms with E-state index in [2.05, 4.69) is 20.4 Å². The topological polar surface area (TPSA) is 93.0 Å². The van der Waals surface area contributed by atoms with Gasteiger partial charge in [-0.2, -0.15) is 5.10 Å². The molecule has 1 aliphatic rings. The van der Waals surface area contributed by atoms with E-state index in [9.17, 15) is 14.0 Å². The standard InChI is InChI=1S/C23H25FN6O2/c1-15-20(22(31)26-10-16-5-7-19(24)8-6-16)12-25-21(28-15)17-4-3-9-30(14-17)23(32)18-11-27-29(2)13-18/h5-8,11-13,17H,3-4,9-10,14H2,1-2H3,(H,26,31). The average molecular weight is 436 g/mol. The summed E-state index contributed by atoms with van der Waals surface area (Å²) in [7, 11) is 1.78. The molecule has 1 N–H and O–H groups in total. The predicted octanol–water partition coefficient (Wildman–Crippen LogP) is 2.61. The Bertz CT molecular complexity index is 1130. The smallest absolute Gasteiger partial charge is 0.257 e. The highest BCUT2D eigenvalue weighted by Crippen LogP contribution is 2.26. The molecule has 0 spiro atoms. The number of aromatic nitrogens is 4. The van der Waals surface area contributed by atoms with Crippen molar-refractivity contribution in [3.8, 4) is 0 Å². The Hall–Kier alpha value is -3.62. The van der Waals surface area contributed by atoms with Crippen molar-refractivity contribution < 1.29 is 14.0 Å². The molecule has 1 aliphatic heterocycles. The molecule has 3 aromatic rings. The molecular weight excluding hydrogens is 411 g/mol. The monoisotopic (exact) mass is 436 g/mol. The van der Waals surface area contributed by atoms with E-state index in [4.69, 9.17) is 0 Å². The van der Waals surface area contributed by atoms with Crippen LogP contribution in [-0.2, 0) is 13.6 Å². The second kappa shape index (κ2) is 9.25. The lowest BCUT2D eigenvalue weighted by atomic mass is 9.96. The largest absolute Gasteiger partial charge is 0.348 e. The van der Waals surface area contributed by atoms with Gasteiger partial charge in [0.05, 0.1) is 23.0 Å². The first-order valence-corrected chi connectivity index (χ1v) is 10.5. The molecule has 8 nitrogen and oxygen atoms in total. The van der Waals surface area contributed by atoms with Gasteiger partial charge < -0.3 is 10.2 Å². The van der Waals surface area contributed by atoms with Gasteiger partial charge in [-0.3, -0.25) is 14.3 Å². The number of aryl methyl sites for hydroxylation is 2. The van der Waals surface area contributed by atoms with Crippen LogP contribution in [0.15, 0.2) is 42.9 Å². The van der Waals surface area contributed by atoms with Crippen molar-refractivity contribution in [1.82, 2.24) is 30.0 Å². The van der Waals surface area contributed by atoms with Crippen LogP contribution >= 0.6 is 0 Å². The third-order valence-corrected chi connectivity index (χ3v) is 5.63. The lowest BCUT2D eigenvalue weighted by molar-refractivity contribution is 0.0704. The summed E-state index contributed by atoms with van der Waals surface area (Å²) in [6.07, 6.45) is 6.57. The lowest BCUT2D eigenvalue weighted by Gasteiger charge is -2.32. The van der Waals surface area contributed by atoms with Gasteiger partial charge in [-0.1, -0.05) is 12.1 Å². The van der Waals surface area contributed by atoms with E-state index >= 15 is 0 Å². The molecule has 1 fully saturated rings. The molecule has 32 heavy (non-hydrogen) atoms. The van der Waals surface area contributed by atoms with E-state index in [1.165, 1.54) is 12.1 Å². The van der Waals surface area contributed by atoms with Crippen molar-refractivity contribution in [3.05, 3.63) is 76.9 Å². The number of hydrogen-bond acceptors (Lipinski definition) is 5. The Labute approximate surface area is 185 Å². The molecular formula is C23H25FN6O2. The first-order chi connectivity index (χ1) is 15.4. The fourth-order valence-electron chi connectivity index (χ4n) is 3.87. The summed E-state index contributed by atoms with van der Waals surface area (Å²) in [6.45, 7) is 3.28. The molecule has 3 heterocycles. The number of hydrogen-bond donors (Lipinski definition) is 1. The molecule has 4 rings (SSSR count). The third-order valence-electron chi connectivity index (χ3n) is 5.63. The number of amides is 2. The number of benzene rings is 1. The zero-order valence-corrected chi connectivity index (χ0v) is 18.1. The van der Waals surface area contributed by atoms with Crippen LogP contribution in [0.5, 0.6) is 0 Å². The maximum atomic E-state index is 13.0. The van der Waals surface area contributed by atoms with Crippen LogP contribution in [-0.4, -0.2) is 49.6 Å². The van der Waals surface area contributed by atoms with Crippen LogP contribution in [0.1, 0.15) is 56.6 Å². The molecule has 2 aromatic heterocycles.